The standard InChI is InChI=1S/C17H12F3NO6/c1-16(2)26-14(23)10(15(24)27-16)7-21-8-3-4-9-11(17(18,19)20)6-13(22)25-12(9)5-8/h3-7,21H,1-2H3. The maximum absolute atomic E-state index is 13.0. The Morgan fingerprint density at radius 1 is 1.04 bits per heavy atom. The third-order valence-electron chi connectivity index (χ3n) is 3.55. The summed E-state index contributed by atoms with van der Waals surface area (Å²) in [7, 11) is 0. The molecule has 3 rings (SSSR count). The van der Waals surface area contributed by atoms with Gasteiger partial charge in [-0.25, -0.2) is 14.4 Å². The van der Waals surface area contributed by atoms with E-state index in [9.17, 15) is 27.6 Å². The molecule has 27 heavy (non-hydrogen) atoms. The minimum absolute atomic E-state index is 0.169. The van der Waals surface area contributed by atoms with E-state index in [2.05, 4.69) is 5.32 Å². The van der Waals surface area contributed by atoms with E-state index in [4.69, 9.17) is 13.9 Å². The van der Waals surface area contributed by atoms with E-state index in [1.807, 2.05) is 0 Å². The summed E-state index contributed by atoms with van der Waals surface area (Å²) in [6.45, 7) is 2.77. The monoisotopic (exact) mass is 383 g/mol. The van der Waals surface area contributed by atoms with E-state index in [-0.39, 0.29) is 16.7 Å². The first-order valence-electron chi connectivity index (χ1n) is 7.55. The van der Waals surface area contributed by atoms with Crippen molar-refractivity contribution in [3.63, 3.8) is 0 Å². The Labute approximate surface area is 149 Å². The lowest BCUT2D eigenvalue weighted by Gasteiger charge is -2.29. The lowest BCUT2D eigenvalue weighted by molar-refractivity contribution is -0.222. The molecule has 0 radical (unpaired) electrons. The van der Waals surface area contributed by atoms with Gasteiger partial charge in [-0.2, -0.15) is 13.2 Å². The summed E-state index contributed by atoms with van der Waals surface area (Å²) in [4.78, 5) is 35.1. The van der Waals surface area contributed by atoms with E-state index in [0.29, 0.717) is 6.07 Å². The van der Waals surface area contributed by atoms with Crippen molar-refractivity contribution in [1.29, 1.82) is 0 Å². The summed E-state index contributed by atoms with van der Waals surface area (Å²) in [5.74, 6) is -3.24. The van der Waals surface area contributed by atoms with Crippen LogP contribution in [-0.2, 0) is 25.2 Å². The molecule has 0 aliphatic carbocycles. The average Bonchev–Trinajstić information content (AvgIpc) is 2.50. The maximum atomic E-state index is 13.0. The van der Waals surface area contributed by atoms with Crippen molar-refractivity contribution in [3.8, 4) is 0 Å². The third kappa shape index (κ3) is 3.78. The van der Waals surface area contributed by atoms with Crippen molar-refractivity contribution in [1.82, 2.24) is 0 Å². The maximum Gasteiger partial charge on any atom is 0.417 e. The topological polar surface area (TPSA) is 94.8 Å². The number of carbonyl (C=O) groups excluding carboxylic acids is 2. The second kappa shape index (κ2) is 6.15. The molecule has 0 unspecified atom stereocenters. The third-order valence-corrected chi connectivity index (χ3v) is 3.55. The molecule has 7 nitrogen and oxygen atoms in total. The van der Waals surface area contributed by atoms with Crippen LogP contribution in [-0.4, -0.2) is 17.7 Å². The summed E-state index contributed by atoms with van der Waals surface area (Å²) in [6.07, 6.45) is -3.74. The van der Waals surface area contributed by atoms with Crippen LogP contribution < -0.4 is 10.9 Å². The van der Waals surface area contributed by atoms with Gasteiger partial charge in [-0.05, 0) is 12.1 Å². The Bertz CT molecular complexity index is 1010. The van der Waals surface area contributed by atoms with E-state index < -0.39 is 40.7 Å². The molecule has 1 aromatic carbocycles. The zero-order valence-corrected chi connectivity index (χ0v) is 14.0. The molecule has 1 aliphatic rings. The summed E-state index contributed by atoms with van der Waals surface area (Å²) >= 11 is 0. The van der Waals surface area contributed by atoms with Crippen LogP contribution in [0.5, 0.6) is 0 Å². The Morgan fingerprint density at radius 2 is 1.67 bits per heavy atom. The molecular formula is C17H12F3NO6. The number of rotatable bonds is 2. The Hall–Kier alpha value is -3.30. The van der Waals surface area contributed by atoms with Gasteiger partial charge in [0.05, 0.1) is 5.56 Å². The van der Waals surface area contributed by atoms with Crippen molar-refractivity contribution in [2.75, 3.05) is 5.32 Å². The van der Waals surface area contributed by atoms with Gasteiger partial charge in [0.25, 0.3) is 5.79 Å². The molecule has 2 heterocycles. The molecule has 1 N–H and O–H groups in total. The zero-order chi connectivity index (χ0) is 20.0. The second-order valence-corrected chi connectivity index (χ2v) is 6.07. The fraction of sp³-hybridized carbons (Fsp3) is 0.235. The fourth-order valence-electron chi connectivity index (χ4n) is 2.42. The molecule has 1 saturated heterocycles. The second-order valence-electron chi connectivity index (χ2n) is 6.07. The number of benzene rings is 1. The predicted molar refractivity (Wildman–Crippen MR) is 85.5 cm³/mol. The first-order chi connectivity index (χ1) is 12.5. The van der Waals surface area contributed by atoms with Gasteiger partial charge < -0.3 is 19.2 Å². The molecule has 1 fully saturated rings. The van der Waals surface area contributed by atoms with Crippen molar-refractivity contribution >= 4 is 28.6 Å². The molecular weight excluding hydrogens is 371 g/mol. The number of cyclic esters (lactones) is 2. The smallest absolute Gasteiger partial charge is 0.417 e. The van der Waals surface area contributed by atoms with Crippen LogP contribution in [0, 0.1) is 0 Å². The van der Waals surface area contributed by atoms with Gasteiger partial charge in [0, 0.05) is 43.3 Å². The molecule has 0 atom stereocenters. The quantitative estimate of drug-likeness (QED) is 0.369. The van der Waals surface area contributed by atoms with E-state index >= 15 is 0 Å². The SMILES string of the molecule is CC1(C)OC(=O)C(=CNc2ccc3c(C(F)(F)F)cc(=O)oc3c2)C(=O)O1. The fourth-order valence-corrected chi connectivity index (χ4v) is 2.42. The van der Waals surface area contributed by atoms with E-state index in [1.165, 1.54) is 19.9 Å². The number of hydrogen-bond donors (Lipinski definition) is 1. The minimum Gasteiger partial charge on any atom is -0.423 e. The average molecular weight is 383 g/mol. The molecule has 0 amide bonds. The Balaban J connectivity index is 1.94. The normalized spacial score (nSPS) is 16.7. The van der Waals surface area contributed by atoms with Gasteiger partial charge in [-0.15, -0.1) is 0 Å². The number of carbonyl (C=O) groups is 2. The number of alkyl halides is 3. The summed E-state index contributed by atoms with van der Waals surface area (Å²) in [6, 6.07) is 3.86. The van der Waals surface area contributed by atoms with Gasteiger partial charge in [-0.1, -0.05) is 0 Å². The number of hydrogen-bond acceptors (Lipinski definition) is 7. The van der Waals surface area contributed by atoms with Gasteiger partial charge in [-0.3, -0.25) is 0 Å². The summed E-state index contributed by atoms with van der Waals surface area (Å²) in [5.41, 5.74) is -2.86. The lowest BCUT2D eigenvalue weighted by Crippen LogP contribution is -2.42. The van der Waals surface area contributed by atoms with Crippen molar-refractivity contribution in [2.24, 2.45) is 0 Å². The lowest BCUT2D eigenvalue weighted by atomic mass is 10.1. The van der Waals surface area contributed by atoms with Crippen LogP contribution in [0.15, 0.2) is 45.3 Å². The van der Waals surface area contributed by atoms with E-state index in [0.717, 1.165) is 18.3 Å². The summed E-state index contributed by atoms with van der Waals surface area (Å²) < 4.78 is 53.7. The molecule has 1 aliphatic heterocycles. The number of anilines is 1. The molecule has 142 valence electrons. The molecule has 1 aromatic heterocycles. The van der Waals surface area contributed by atoms with Crippen LogP contribution in [0.2, 0.25) is 0 Å². The van der Waals surface area contributed by atoms with Crippen molar-refractivity contribution in [3.05, 3.63) is 52.0 Å². The first-order valence-corrected chi connectivity index (χ1v) is 7.55. The van der Waals surface area contributed by atoms with Crippen LogP contribution >= 0.6 is 0 Å². The summed E-state index contributed by atoms with van der Waals surface area (Å²) in [5, 5.41) is 2.26. The highest BCUT2D eigenvalue weighted by Gasteiger charge is 2.39. The zero-order valence-electron chi connectivity index (χ0n) is 14.0. The number of fused-ring (bicyclic) bond motifs is 1. The van der Waals surface area contributed by atoms with Crippen LogP contribution in [0.4, 0.5) is 18.9 Å². The number of nitrogens with one attached hydrogen (secondary N) is 1. The molecule has 2 aromatic rings. The van der Waals surface area contributed by atoms with Crippen LogP contribution in [0.3, 0.4) is 0 Å². The number of halogens is 3. The highest BCUT2D eigenvalue weighted by Crippen LogP contribution is 2.34. The Morgan fingerprint density at radius 3 is 2.26 bits per heavy atom. The van der Waals surface area contributed by atoms with Gasteiger partial charge in [0.15, 0.2) is 5.57 Å². The molecule has 0 saturated carbocycles. The van der Waals surface area contributed by atoms with Gasteiger partial charge in [0.1, 0.15) is 5.58 Å². The Kier molecular flexibility index (Phi) is 4.21. The predicted octanol–water partition coefficient (Wildman–Crippen LogP) is 2.94. The first kappa shape index (κ1) is 18.5. The van der Waals surface area contributed by atoms with Gasteiger partial charge >= 0.3 is 23.7 Å². The highest BCUT2D eigenvalue weighted by atomic mass is 19.4. The van der Waals surface area contributed by atoms with Gasteiger partial charge in [0.2, 0.25) is 0 Å². The van der Waals surface area contributed by atoms with Crippen molar-refractivity contribution in [2.45, 2.75) is 25.8 Å². The largest absolute Gasteiger partial charge is 0.423 e. The van der Waals surface area contributed by atoms with Crippen LogP contribution in [0.25, 0.3) is 11.0 Å². The highest BCUT2D eigenvalue weighted by molar-refractivity contribution is 6.15. The molecule has 0 bridgehead atoms. The van der Waals surface area contributed by atoms with Crippen LogP contribution in [0.1, 0.15) is 19.4 Å². The number of esters is 2. The molecule has 0 spiro atoms. The van der Waals surface area contributed by atoms with E-state index in [1.54, 1.807) is 0 Å². The minimum atomic E-state index is -4.73. The molecule has 10 heteroatoms. The van der Waals surface area contributed by atoms with Crippen molar-refractivity contribution < 1.29 is 36.7 Å². The number of ether oxygens (including phenoxy) is 2.